The molecule has 0 fully saturated rings. The Labute approximate surface area is 140 Å². The third-order valence-corrected chi connectivity index (χ3v) is 3.43. The second-order valence-electron chi connectivity index (χ2n) is 4.96. The van der Waals surface area contributed by atoms with Gasteiger partial charge in [0.05, 0.1) is 25.5 Å². The Bertz CT molecular complexity index is 726. The molecule has 6 nitrogen and oxygen atoms in total. The number of anilines is 1. The lowest BCUT2D eigenvalue weighted by molar-refractivity contribution is 0.0601. The van der Waals surface area contributed by atoms with Gasteiger partial charge in [0.15, 0.2) is 0 Å². The van der Waals surface area contributed by atoms with Gasteiger partial charge in [0, 0.05) is 12.1 Å². The van der Waals surface area contributed by atoms with E-state index in [2.05, 4.69) is 10.6 Å². The van der Waals surface area contributed by atoms with Crippen molar-refractivity contribution in [2.75, 3.05) is 26.1 Å². The number of carbonyl (C=O) groups is 2. The van der Waals surface area contributed by atoms with Crippen molar-refractivity contribution in [3.05, 3.63) is 48.0 Å². The highest BCUT2D eigenvalue weighted by Crippen LogP contribution is 2.30. The average molecular weight is 328 g/mol. The van der Waals surface area contributed by atoms with Crippen molar-refractivity contribution in [1.29, 1.82) is 0 Å². The van der Waals surface area contributed by atoms with Gasteiger partial charge in [-0.05, 0) is 42.8 Å². The van der Waals surface area contributed by atoms with Gasteiger partial charge in [-0.3, -0.25) is 0 Å². The Morgan fingerprint density at radius 2 is 1.75 bits per heavy atom. The van der Waals surface area contributed by atoms with Gasteiger partial charge >= 0.3 is 12.0 Å². The summed E-state index contributed by atoms with van der Waals surface area (Å²) in [6, 6.07) is 12.0. The number of amides is 2. The van der Waals surface area contributed by atoms with Crippen molar-refractivity contribution in [3.63, 3.8) is 0 Å². The molecular formula is C18H20N2O4. The number of hydrogen-bond acceptors (Lipinski definition) is 4. The van der Waals surface area contributed by atoms with E-state index < -0.39 is 5.97 Å². The van der Waals surface area contributed by atoms with Crippen LogP contribution in [0.15, 0.2) is 42.5 Å². The third kappa shape index (κ3) is 4.04. The maximum absolute atomic E-state index is 11.8. The highest BCUT2D eigenvalue weighted by molar-refractivity contribution is 5.98. The summed E-state index contributed by atoms with van der Waals surface area (Å²) in [5, 5.41) is 5.47. The predicted molar refractivity (Wildman–Crippen MR) is 92.5 cm³/mol. The van der Waals surface area contributed by atoms with E-state index in [-0.39, 0.29) is 6.03 Å². The molecule has 0 aromatic heterocycles. The SMILES string of the molecule is CCNC(=O)Nc1ccc(C(=O)OC)cc1-c1ccc(OC)cc1. The molecule has 0 aliphatic carbocycles. The maximum atomic E-state index is 11.8. The number of hydrogen-bond donors (Lipinski definition) is 2. The molecular weight excluding hydrogens is 308 g/mol. The second kappa shape index (κ2) is 8.01. The number of rotatable bonds is 5. The number of urea groups is 1. The van der Waals surface area contributed by atoms with Crippen LogP contribution in [0.4, 0.5) is 10.5 Å². The zero-order valence-electron chi connectivity index (χ0n) is 13.9. The molecule has 0 spiro atoms. The fourth-order valence-corrected chi connectivity index (χ4v) is 2.23. The van der Waals surface area contributed by atoms with Gasteiger partial charge in [0.2, 0.25) is 0 Å². The van der Waals surface area contributed by atoms with Crippen molar-refractivity contribution in [2.24, 2.45) is 0 Å². The predicted octanol–water partition coefficient (Wildman–Crippen LogP) is 3.29. The first kappa shape index (κ1) is 17.3. The van der Waals surface area contributed by atoms with Gasteiger partial charge in [-0.1, -0.05) is 12.1 Å². The minimum absolute atomic E-state index is 0.307. The molecule has 2 N–H and O–H groups in total. The van der Waals surface area contributed by atoms with E-state index in [1.807, 2.05) is 31.2 Å². The van der Waals surface area contributed by atoms with Crippen molar-refractivity contribution in [1.82, 2.24) is 5.32 Å². The number of benzene rings is 2. The molecule has 2 aromatic carbocycles. The molecule has 0 atom stereocenters. The van der Waals surface area contributed by atoms with Gasteiger partial charge < -0.3 is 20.1 Å². The third-order valence-electron chi connectivity index (χ3n) is 3.43. The molecule has 0 aliphatic rings. The van der Waals surface area contributed by atoms with E-state index in [1.54, 1.807) is 25.3 Å². The van der Waals surface area contributed by atoms with Gasteiger partial charge in [0.1, 0.15) is 5.75 Å². The van der Waals surface area contributed by atoms with Crippen LogP contribution in [-0.4, -0.2) is 32.8 Å². The Morgan fingerprint density at radius 3 is 2.33 bits per heavy atom. The minimum atomic E-state index is -0.436. The number of carbonyl (C=O) groups excluding carboxylic acids is 2. The van der Waals surface area contributed by atoms with E-state index >= 15 is 0 Å². The normalized spacial score (nSPS) is 9.96. The Kier molecular flexibility index (Phi) is 5.78. The zero-order valence-corrected chi connectivity index (χ0v) is 13.9. The van der Waals surface area contributed by atoms with Crippen LogP contribution >= 0.6 is 0 Å². The van der Waals surface area contributed by atoms with Crippen LogP contribution in [0.25, 0.3) is 11.1 Å². The van der Waals surface area contributed by atoms with Gasteiger partial charge in [-0.25, -0.2) is 9.59 Å². The van der Waals surface area contributed by atoms with E-state index in [0.717, 1.165) is 11.3 Å². The van der Waals surface area contributed by atoms with Crippen molar-refractivity contribution >= 4 is 17.7 Å². The second-order valence-corrected chi connectivity index (χ2v) is 4.96. The summed E-state index contributed by atoms with van der Waals surface area (Å²) < 4.78 is 9.92. The van der Waals surface area contributed by atoms with Crippen molar-refractivity contribution in [3.8, 4) is 16.9 Å². The Morgan fingerprint density at radius 1 is 1.04 bits per heavy atom. The molecule has 6 heteroatoms. The standard InChI is InChI=1S/C18H20N2O4/c1-4-19-18(22)20-16-10-7-13(17(21)24-3)11-15(16)12-5-8-14(23-2)9-6-12/h5-11H,4H2,1-3H3,(H2,19,20,22). The lowest BCUT2D eigenvalue weighted by Crippen LogP contribution is -2.28. The molecule has 2 rings (SSSR count). The van der Waals surface area contributed by atoms with Crippen LogP contribution in [0.5, 0.6) is 5.75 Å². The first-order valence-electron chi connectivity index (χ1n) is 7.50. The number of methoxy groups -OCH3 is 2. The van der Waals surface area contributed by atoms with Crippen LogP contribution in [0.2, 0.25) is 0 Å². The summed E-state index contributed by atoms with van der Waals surface area (Å²) in [4.78, 5) is 23.6. The number of ether oxygens (including phenoxy) is 2. The van der Waals surface area contributed by atoms with E-state index in [1.165, 1.54) is 7.11 Å². The highest BCUT2D eigenvalue weighted by Gasteiger charge is 2.13. The van der Waals surface area contributed by atoms with Gasteiger partial charge in [-0.15, -0.1) is 0 Å². The zero-order chi connectivity index (χ0) is 17.5. The maximum Gasteiger partial charge on any atom is 0.337 e. The molecule has 0 saturated carbocycles. The van der Waals surface area contributed by atoms with Crippen molar-refractivity contribution in [2.45, 2.75) is 6.92 Å². The topological polar surface area (TPSA) is 76.7 Å². The van der Waals surface area contributed by atoms with E-state index in [4.69, 9.17) is 9.47 Å². The first-order chi connectivity index (χ1) is 11.6. The molecule has 2 aromatic rings. The summed E-state index contributed by atoms with van der Waals surface area (Å²) in [6.45, 7) is 2.36. The largest absolute Gasteiger partial charge is 0.497 e. The van der Waals surface area contributed by atoms with E-state index in [9.17, 15) is 9.59 Å². The van der Waals surface area contributed by atoms with E-state index in [0.29, 0.717) is 23.4 Å². The van der Waals surface area contributed by atoms with Crippen LogP contribution in [-0.2, 0) is 4.74 Å². The first-order valence-corrected chi connectivity index (χ1v) is 7.50. The lowest BCUT2D eigenvalue weighted by atomic mass is 10.0. The number of nitrogens with one attached hydrogen (secondary N) is 2. The van der Waals surface area contributed by atoms with Gasteiger partial charge in [-0.2, -0.15) is 0 Å². The smallest absolute Gasteiger partial charge is 0.337 e. The Hall–Kier alpha value is -3.02. The quantitative estimate of drug-likeness (QED) is 0.826. The summed E-state index contributed by atoms with van der Waals surface area (Å²) in [5.74, 6) is 0.287. The summed E-state index contributed by atoms with van der Waals surface area (Å²) in [7, 11) is 2.92. The van der Waals surface area contributed by atoms with Crippen LogP contribution in [0.3, 0.4) is 0 Å². The summed E-state index contributed by atoms with van der Waals surface area (Å²) in [5.41, 5.74) is 2.56. The monoisotopic (exact) mass is 328 g/mol. The van der Waals surface area contributed by atoms with Crippen molar-refractivity contribution < 1.29 is 19.1 Å². The fourth-order valence-electron chi connectivity index (χ4n) is 2.23. The summed E-state index contributed by atoms with van der Waals surface area (Å²) in [6.07, 6.45) is 0. The van der Waals surface area contributed by atoms with Crippen LogP contribution in [0, 0.1) is 0 Å². The van der Waals surface area contributed by atoms with Crippen LogP contribution in [0.1, 0.15) is 17.3 Å². The molecule has 0 radical (unpaired) electrons. The molecule has 0 aliphatic heterocycles. The molecule has 0 bridgehead atoms. The molecule has 0 unspecified atom stereocenters. The minimum Gasteiger partial charge on any atom is -0.497 e. The highest BCUT2D eigenvalue weighted by atomic mass is 16.5. The average Bonchev–Trinajstić information content (AvgIpc) is 2.61. The molecule has 126 valence electrons. The number of esters is 1. The van der Waals surface area contributed by atoms with Gasteiger partial charge in [0.25, 0.3) is 0 Å². The lowest BCUT2D eigenvalue weighted by Gasteiger charge is -2.13. The van der Waals surface area contributed by atoms with Crippen LogP contribution < -0.4 is 15.4 Å². The molecule has 0 saturated heterocycles. The fraction of sp³-hybridized carbons (Fsp3) is 0.222. The molecule has 24 heavy (non-hydrogen) atoms. The Balaban J connectivity index is 2.45. The summed E-state index contributed by atoms with van der Waals surface area (Å²) >= 11 is 0. The molecule has 2 amide bonds. The molecule has 0 heterocycles.